The van der Waals surface area contributed by atoms with Gasteiger partial charge in [0.25, 0.3) is 5.91 Å². The van der Waals surface area contributed by atoms with Crippen LogP contribution in [-0.2, 0) is 11.3 Å². The molecule has 0 bridgehead atoms. The number of hydrogen-bond acceptors (Lipinski definition) is 3. The van der Waals surface area contributed by atoms with Gasteiger partial charge in [0.05, 0.1) is 4.47 Å². The average molecular weight is 355 g/mol. The van der Waals surface area contributed by atoms with Gasteiger partial charge >= 0.3 is 0 Å². The van der Waals surface area contributed by atoms with Crippen molar-refractivity contribution in [2.45, 2.75) is 45.3 Å². The Bertz CT molecular complexity index is 479. The summed E-state index contributed by atoms with van der Waals surface area (Å²) in [5.74, 6) is 0.726. The molecule has 4 nitrogen and oxygen atoms in total. The van der Waals surface area contributed by atoms with E-state index < -0.39 is 0 Å². The number of hydrogen-bond donors (Lipinski definition) is 2. The second-order valence-electron chi connectivity index (χ2n) is 5.33. The molecule has 1 atom stereocenters. The topological polar surface area (TPSA) is 50.4 Å². The second kappa shape index (κ2) is 8.39. The van der Waals surface area contributed by atoms with Gasteiger partial charge in [0.1, 0.15) is 5.75 Å². The molecule has 1 aliphatic rings. The van der Waals surface area contributed by atoms with E-state index in [0.29, 0.717) is 0 Å². The maximum absolute atomic E-state index is 11.9. The van der Waals surface area contributed by atoms with Crippen LogP contribution in [0.2, 0.25) is 0 Å². The van der Waals surface area contributed by atoms with Crippen LogP contribution in [0.3, 0.4) is 0 Å². The number of benzene rings is 1. The molecule has 0 saturated carbocycles. The van der Waals surface area contributed by atoms with Crippen molar-refractivity contribution >= 4 is 21.8 Å². The first kappa shape index (κ1) is 16.3. The molecular weight excluding hydrogens is 332 g/mol. The lowest BCUT2D eigenvalue weighted by Gasteiger charge is -2.17. The number of carbonyl (C=O) groups excluding carboxylic acids is 1. The molecule has 5 heteroatoms. The maximum Gasteiger partial charge on any atom is 0.261 e. The van der Waals surface area contributed by atoms with Crippen LogP contribution in [0.4, 0.5) is 0 Å². The zero-order valence-electron chi connectivity index (χ0n) is 12.5. The van der Waals surface area contributed by atoms with Crippen molar-refractivity contribution in [3.8, 4) is 5.75 Å². The number of amides is 1. The van der Waals surface area contributed by atoms with E-state index in [1.807, 2.05) is 18.2 Å². The number of carbonyl (C=O) groups is 1. The molecule has 1 aliphatic heterocycles. The molecule has 2 rings (SSSR count). The molecule has 0 spiro atoms. The fraction of sp³-hybridized carbons (Fsp3) is 0.562. The van der Waals surface area contributed by atoms with Crippen LogP contribution in [0, 0.1) is 0 Å². The van der Waals surface area contributed by atoms with Crippen LogP contribution in [0.15, 0.2) is 22.7 Å². The minimum atomic E-state index is -0.382. The third-order valence-corrected chi connectivity index (χ3v) is 4.13. The lowest BCUT2D eigenvalue weighted by molar-refractivity contribution is -0.127. The molecule has 1 aromatic rings. The molecule has 116 valence electrons. The van der Waals surface area contributed by atoms with Gasteiger partial charge in [-0.15, -0.1) is 0 Å². The molecule has 1 fully saturated rings. The Morgan fingerprint density at radius 1 is 1.43 bits per heavy atom. The molecule has 1 saturated heterocycles. The highest BCUT2D eigenvalue weighted by molar-refractivity contribution is 9.10. The Balaban J connectivity index is 1.98. The first-order valence-electron chi connectivity index (χ1n) is 7.64. The van der Waals surface area contributed by atoms with E-state index in [2.05, 4.69) is 33.5 Å². The summed E-state index contributed by atoms with van der Waals surface area (Å²) < 4.78 is 6.78. The molecule has 1 unspecified atom stereocenters. The molecule has 21 heavy (non-hydrogen) atoms. The highest BCUT2D eigenvalue weighted by Gasteiger charge is 2.23. The number of nitrogens with one attached hydrogen (secondary N) is 2. The first-order valence-corrected chi connectivity index (χ1v) is 8.43. The predicted octanol–water partition coefficient (Wildman–Crippen LogP) is 3.00. The van der Waals surface area contributed by atoms with Gasteiger partial charge in [-0.2, -0.15) is 0 Å². The van der Waals surface area contributed by atoms with Crippen LogP contribution in [0.25, 0.3) is 0 Å². The van der Waals surface area contributed by atoms with Crippen molar-refractivity contribution in [2.75, 3.05) is 13.1 Å². The normalized spacial score (nSPS) is 19.0. The molecule has 1 heterocycles. The van der Waals surface area contributed by atoms with E-state index in [9.17, 15) is 4.79 Å². The maximum atomic E-state index is 11.9. The second-order valence-corrected chi connectivity index (χ2v) is 6.19. The van der Waals surface area contributed by atoms with Crippen molar-refractivity contribution in [3.63, 3.8) is 0 Å². The van der Waals surface area contributed by atoms with Gasteiger partial charge in [-0.1, -0.05) is 13.0 Å². The van der Waals surface area contributed by atoms with Gasteiger partial charge in [0.2, 0.25) is 0 Å². The number of halogens is 1. The van der Waals surface area contributed by atoms with Crippen LogP contribution in [-0.4, -0.2) is 25.1 Å². The third kappa shape index (κ3) is 5.00. The summed E-state index contributed by atoms with van der Waals surface area (Å²) in [6.45, 7) is 4.76. The summed E-state index contributed by atoms with van der Waals surface area (Å²) in [6.07, 6.45) is 3.55. The highest BCUT2D eigenvalue weighted by atomic mass is 79.9. The SMILES string of the molecule is CCCNCc1ccc(OC2CCCCNC2=O)c(Br)c1. The Labute approximate surface area is 134 Å². The molecular formula is C16H23BrN2O2. The Morgan fingerprint density at radius 2 is 2.29 bits per heavy atom. The summed E-state index contributed by atoms with van der Waals surface area (Å²) in [7, 11) is 0. The Kier molecular flexibility index (Phi) is 6.51. The van der Waals surface area contributed by atoms with Crippen LogP contribution < -0.4 is 15.4 Å². The summed E-state index contributed by atoms with van der Waals surface area (Å²) in [4.78, 5) is 11.9. The van der Waals surface area contributed by atoms with Gasteiger partial charge in [-0.25, -0.2) is 0 Å². The third-order valence-electron chi connectivity index (χ3n) is 3.51. The van der Waals surface area contributed by atoms with E-state index in [-0.39, 0.29) is 12.0 Å². The van der Waals surface area contributed by atoms with E-state index >= 15 is 0 Å². The first-order chi connectivity index (χ1) is 10.2. The van der Waals surface area contributed by atoms with Gasteiger partial charge in [0, 0.05) is 13.1 Å². The quantitative estimate of drug-likeness (QED) is 0.772. The minimum absolute atomic E-state index is 0.00640. The fourth-order valence-electron chi connectivity index (χ4n) is 2.34. The van der Waals surface area contributed by atoms with Gasteiger partial charge < -0.3 is 15.4 Å². The molecule has 0 aromatic heterocycles. The average Bonchev–Trinajstić information content (AvgIpc) is 2.67. The van der Waals surface area contributed by atoms with Gasteiger partial charge in [-0.05, 0) is 65.9 Å². The monoisotopic (exact) mass is 354 g/mol. The summed E-state index contributed by atoms with van der Waals surface area (Å²) in [6, 6.07) is 6.02. The highest BCUT2D eigenvalue weighted by Crippen LogP contribution is 2.28. The van der Waals surface area contributed by atoms with Crippen LogP contribution in [0.1, 0.15) is 38.2 Å². The van der Waals surface area contributed by atoms with Crippen molar-refractivity contribution in [2.24, 2.45) is 0 Å². The minimum Gasteiger partial charge on any atom is -0.479 e. The van der Waals surface area contributed by atoms with E-state index in [0.717, 1.165) is 55.5 Å². The molecule has 2 N–H and O–H groups in total. The summed E-state index contributed by atoms with van der Waals surface area (Å²) in [5, 5.41) is 6.26. The van der Waals surface area contributed by atoms with E-state index in [1.165, 1.54) is 5.56 Å². The standard InChI is InChI=1S/C16H23BrN2O2/c1-2-8-18-11-12-6-7-14(13(17)10-12)21-15-5-3-4-9-19-16(15)20/h6-7,10,15,18H,2-5,8-9,11H2,1H3,(H,19,20). The van der Waals surface area contributed by atoms with Crippen molar-refractivity contribution < 1.29 is 9.53 Å². The molecule has 1 amide bonds. The lowest BCUT2D eigenvalue weighted by Crippen LogP contribution is -2.36. The van der Waals surface area contributed by atoms with Gasteiger partial charge in [-0.3, -0.25) is 4.79 Å². The lowest BCUT2D eigenvalue weighted by atomic mass is 10.1. The Hall–Kier alpha value is -1.07. The van der Waals surface area contributed by atoms with Crippen molar-refractivity contribution in [1.29, 1.82) is 0 Å². The molecule has 0 radical (unpaired) electrons. The predicted molar refractivity (Wildman–Crippen MR) is 87.4 cm³/mol. The zero-order chi connectivity index (χ0) is 15.1. The van der Waals surface area contributed by atoms with Crippen LogP contribution in [0.5, 0.6) is 5.75 Å². The van der Waals surface area contributed by atoms with Crippen molar-refractivity contribution in [1.82, 2.24) is 10.6 Å². The number of rotatable bonds is 6. The zero-order valence-corrected chi connectivity index (χ0v) is 14.0. The Morgan fingerprint density at radius 3 is 3.05 bits per heavy atom. The molecule has 1 aromatic carbocycles. The number of ether oxygens (including phenoxy) is 1. The van der Waals surface area contributed by atoms with Crippen LogP contribution >= 0.6 is 15.9 Å². The van der Waals surface area contributed by atoms with Gasteiger partial charge in [0.15, 0.2) is 6.10 Å². The molecule has 0 aliphatic carbocycles. The summed E-state index contributed by atoms with van der Waals surface area (Å²) in [5.41, 5.74) is 1.20. The summed E-state index contributed by atoms with van der Waals surface area (Å²) >= 11 is 3.54. The van der Waals surface area contributed by atoms with E-state index in [1.54, 1.807) is 0 Å². The largest absolute Gasteiger partial charge is 0.479 e. The smallest absolute Gasteiger partial charge is 0.261 e. The van der Waals surface area contributed by atoms with E-state index in [4.69, 9.17) is 4.74 Å². The fourth-order valence-corrected chi connectivity index (χ4v) is 2.86. The van der Waals surface area contributed by atoms with Crippen molar-refractivity contribution in [3.05, 3.63) is 28.2 Å².